The summed E-state index contributed by atoms with van der Waals surface area (Å²) in [4.78, 5) is 2.08. The molecule has 0 amide bonds. The second kappa shape index (κ2) is 10.6. The molecular weight excluding hydrogens is 292 g/mol. The molecule has 23 heavy (non-hydrogen) atoms. The van der Waals surface area contributed by atoms with Gasteiger partial charge in [-0.25, -0.2) is 0 Å². The Kier molecular flexibility index (Phi) is 9.17. The molecule has 0 aliphatic heterocycles. The van der Waals surface area contributed by atoms with Crippen molar-refractivity contribution in [2.75, 3.05) is 47.5 Å². The molecular formula is C18H32N2O3. The molecule has 0 heterocycles. The number of aliphatic hydroxyl groups is 1. The predicted octanol–water partition coefficient (Wildman–Crippen LogP) is 1.92. The van der Waals surface area contributed by atoms with Crippen molar-refractivity contribution in [1.82, 2.24) is 10.2 Å². The van der Waals surface area contributed by atoms with Gasteiger partial charge in [0.2, 0.25) is 0 Å². The quantitative estimate of drug-likeness (QED) is 0.651. The molecule has 0 aliphatic carbocycles. The van der Waals surface area contributed by atoms with E-state index in [0.717, 1.165) is 12.3 Å². The standard InChI is InChI=1S/C18H32N2O3/c1-14(2)18(15-6-8-17(23-5)9-7-15)19-12-16(21)13-20(3)10-11-22-4/h6-9,14,16,18-19,21H,10-13H2,1-5H3. The van der Waals surface area contributed by atoms with Crippen LogP contribution in [0.4, 0.5) is 0 Å². The number of benzene rings is 1. The van der Waals surface area contributed by atoms with E-state index in [0.29, 0.717) is 25.6 Å². The van der Waals surface area contributed by atoms with Crippen molar-refractivity contribution >= 4 is 0 Å². The van der Waals surface area contributed by atoms with Gasteiger partial charge in [0, 0.05) is 32.8 Å². The van der Waals surface area contributed by atoms with E-state index in [1.165, 1.54) is 5.56 Å². The molecule has 2 atom stereocenters. The number of aliphatic hydroxyl groups excluding tert-OH is 1. The topological polar surface area (TPSA) is 54.0 Å². The molecule has 2 N–H and O–H groups in total. The molecule has 0 aliphatic rings. The van der Waals surface area contributed by atoms with Gasteiger partial charge in [0.15, 0.2) is 0 Å². The highest BCUT2D eigenvalue weighted by Gasteiger charge is 2.17. The number of ether oxygens (including phenoxy) is 2. The second-order valence-electron chi connectivity index (χ2n) is 6.31. The number of hydrogen-bond donors (Lipinski definition) is 2. The Labute approximate surface area is 140 Å². The maximum absolute atomic E-state index is 10.2. The summed E-state index contributed by atoms with van der Waals surface area (Å²) in [6.45, 7) is 7.05. The molecule has 0 radical (unpaired) electrons. The van der Waals surface area contributed by atoms with Gasteiger partial charge >= 0.3 is 0 Å². The first kappa shape index (κ1) is 19.9. The van der Waals surface area contributed by atoms with Crippen LogP contribution in [0.25, 0.3) is 0 Å². The molecule has 5 nitrogen and oxygen atoms in total. The first-order valence-corrected chi connectivity index (χ1v) is 8.20. The molecule has 0 spiro atoms. The Morgan fingerprint density at radius 2 is 1.83 bits per heavy atom. The lowest BCUT2D eigenvalue weighted by atomic mass is 9.96. The summed E-state index contributed by atoms with van der Waals surface area (Å²) >= 11 is 0. The van der Waals surface area contributed by atoms with E-state index in [1.807, 2.05) is 19.2 Å². The van der Waals surface area contributed by atoms with E-state index < -0.39 is 6.10 Å². The second-order valence-corrected chi connectivity index (χ2v) is 6.31. The zero-order valence-corrected chi connectivity index (χ0v) is 15.1. The fraction of sp³-hybridized carbons (Fsp3) is 0.667. The van der Waals surface area contributed by atoms with Crippen LogP contribution in [-0.2, 0) is 4.74 Å². The summed E-state index contributed by atoms with van der Waals surface area (Å²) < 4.78 is 10.3. The van der Waals surface area contributed by atoms with Crippen molar-refractivity contribution in [3.63, 3.8) is 0 Å². The largest absolute Gasteiger partial charge is 0.497 e. The molecule has 0 saturated carbocycles. The minimum atomic E-state index is -0.406. The van der Waals surface area contributed by atoms with Gasteiger partial charge in [-0.15, -0.1) is 0 Å². The monoisotopic (exact) mass is 324 g/mol. The van der Waals surface area contributed by atoms with Gasteiger partial charge in [0.1, 0.15) is 5.75 Å². The van der Waals surface area contributed by atoms with Gasteiger partial charge in [-0.1, -0.05) is 26.0 Å². The molecule has 132 valence electrons. The fourth-order valence-electron chi connectivity index (χ4n) is 2.58. The van der Waals surface area contributed by atoms with Crippen LogP contribution in [0.1, 0.15) is 25.5 Å². The van der Waals surface area contributed by atoms with Crippen LogP contribution < -0.4 is 10.1 Å². The number of methoxy groups -OCH3 is 2. The summed E-state index contributed by atoms with van der Waals surface area (Å²) in [5, 5.41) is 13.7. The highest BCUT2D eigenvalue weighted by molar-refractivity contribution is 5.29. The van der Waals surface area contributed by atoms with Crippen LogP contribution in [0, 0.1) is 5.92 Å². The lowest BCUT2D eigenvalue weighted by Crippen LogP contribution is -2.39. The van der Waals surface area contributed by atoms with E-state index >= 15 is 0 Å². The molecule has 5 heteroatoms. The van der Waals surface area contributed by atoms with Crippen LogP contribution in [0.2, 0.25) is 0 Å². The molecule has 1 aromatic carbocycles. The molecule has 2 unspecified atom stereocenters. The highest BCUT2D eigenvalue weighted by Crippen LogP contribution is 2.23. The number of nitrogens with one attached hydrogen (secondary N) is 1. The normalized spacial score (nSPS) is 14.3. The Bertz CT molecular complexity index is 423. The first-order valence-electron chi connectivity index (χ1n) is 8.20. The third kappa shape index (κ3) is 7.31. The Hall–Kier alpha value is -1.14. The molecule has 0 saturated heterocycles. The van der Waals surface area contributed by atoms with Crippen molar-refractivity contribution in [1.29, 1.82) is 0 Å². The Balaban J connectivity index is 2.52. The molecule has 0 bridgehead atoms. The highest BCUT2D eigenvalue weighted by atomic mass is 16.5. The third-order valence-corrected chi connectivity index (χ3v) is 3.91. The first-order chi connectivity index (χ1) is 11.0. The van der Waals surface area contributed by atoms with E-state index in [2.05, 4.69) is 36.2 Å². The van der Waals surface area contributed by atoms with E-state index in [1.54, 1.807) is 14.2 Å². The van der Waals surface area contributed by atoms with E-state index in [-0.39, 0.29) is 6.04 Å². The SMILES string of the molecule is COCCN(C)CC(O)CNC(c1ccc(OC)cc1)C(C)C. The maximum atomic E-state index is 10.2. The summed E-state index contributed by atoms with van der Waals surface area (Å²) in [5.41, 5.74) is 1.21. The summed E-state index contributed by atoms with van der Waals surface area (Å²) in [7, 11) is 5.35. The number of rotatable bonds is 11. The van der Waals surface area contributed by atoms with Gasteiger partial charge in [-0.3, -0.25) is 0 Å². The van der Waals surface area contributed by atoms with Gasteiger partial charge < -0.3 is 24.8 Å². The van der Waals surface area contributed by atoms with Crippen LogP contribution >= 0.6 is 0 Å². The minimum absolute atomic E-state index is 0.208. The lowest BCUT2D eigenvalue weighted by molar-refractivity contribution is 0.0989. The smallest absolute Gasteiger partial charge is 0.118 e. The molecule has 0 aromatic heterocycles. The number of nitrogens with zero attached hydrogens (tertiary/aromatic N) is 1. The number of likely N-dealkylation sites (N-methyl/N-ethyl adjacent to an activating group) is 1. The Morgan fingerprint density at radius 1 is 1.17 bits per heavy atom. The van der Waals surface area contributed by atoms with Crippen molar-refractivity contribution in [2.24, 2.45) is 5.92 Å². The summed E-state index contributed by atoms with van der Waals surface area (Å²) in [6, 6.07) is 8.31. The lowest BCUT2D eigenvalue weighted by Gasteiger charge is -2.26. The van der Waals surface area contributed by atoms with Gasteiger partial charge in [0.25, 0.3) is 0 Å². The Morgan fingerprint density at radius 3 is 2.35 bits per heavy atom. The van der Waals surface area contributed by atoms with Crippen molar-refractivity contribution in [3.05, 3.63) is 29.8 Å². The summed E-state index contributed by atoms with van der Waals surface area (Å²) in [6.07, 6.45) is -0.406. The van der Waals surface area contributed by atoms with Gasteiger partial charge in [-0.05, 0) is 30.7 Å². The zero-order valence-electron chi connectivity index (χ0n) is 15.1. The zero-order chi connectivity index (χ0) is 17.2. The average Bonchev–Trinajstić information content (AvgIpc) is 2.53. The molecule has 1 aromatic rings. The van der Waals surface area contributed by atoms with Crippen molar-refractivity contribution < 1.29 is 14.6 Å². The average molecular weight is 324 g/mol. The molecule has 0 fully saturated rings. The minimum Gasteiger partial charge on any atom is -0.497 e. The van der Waals surface area contributed by atoms with Crippen LogP contribution in [0.5, 0.6) is 5.75 Å². The van der Waals surface area contributed by atoms with Gasteiger partial charge in [-0.2, -0.15) is 0 Å². The molecule has 1 rings (SSSR count). The number of hydrogen-bond acceptors (Lipinski definition) is 5. The van der Waals surface area contributed by atoms with E-state index in [4.69, 9.17) is 9.47 Å². The third-order valence-electron chi connectivity index (χ3n) is 3.91. The van der Waals surface area contributed by atoms with Crippen molar-refractivity contribution in [2.45, 2.75) is 26.0 Å². The van der Waals surface area contributed by atoms with Crippen LogP contribution in [-0.4, -0.2) is 63.6 Å². The van der Waals surface area contributed by atoms with Crippen LogP contribution in [0.3, 0.4) is 0 Å². The van der Waals surface area contributed by atoms with Gasteiger partial charge in [0.05, 0.1) is 19.8 Å². The van der Waals surface area contributed by atoms with Crippen molar-refractivity contribution in [3.8, 4) is 5.75 Å². The van der Waals surface area contributed by atoms with Crippen LogP contribution in [0.15, 0.2) is 24.3 Å². The maximum Gasteiger partial charge on any atom is 0.118 e. The predicted molar refractivity (Wildman–Crippen MR) is 94.0 cm³/mol. The summed E-state index contributed by atoms with van der Waals surface area (Å²) in [5.74, 6) is 1.29. The fourth-order valence-corrected chi connectivity index (χ4v) is 2.58. The van der Waals surface area contributed by atoms with E-state index in [9.17, 15) is 5.11 Å².